The number of hydrogen-bond donors (Lipinski definition) is 0. The molecule has 28 heavy (non-hydrogen) atoms. The SMILES string of the molecule is CC1(C)c2ccccc2-c2ccc3c4cccc5c6ccccc6n(c3c21)c54. The summed E-state index contributed by atoms with van der Waals surface area (Å²) in [6.45, 7) is 4.76. The maximum absolute atomic E-state index is 2.53. The smallest absolute Gasteiger partial charge is 0.0620 e. The van der Waals surface area contributed by atoms with Gasteiger partial charge in [0.05, 0.1) is 16.6 Å². The quantitative estimate of drug-likeness (QED) is 0.272. The minimum absolute atomic E-state index is 0.0169. The van der Waals surface area contributed by atoms with Gasteiger partial charge in [0.1, 0.15) is 0 Å². The van der Waals surface area contributed by atoms with Crippen LogP contribution in [0.3, 0.4) is 0 Å². The summed E-state index contributed by atoms with van der Waals surface area (Å²) in [5.41, 5.74) is 9.70. The number of fused-ring (bicyclic) bond motifs is 10. The molecule has 0 bridgehead atoms. The van der Waals surface area contributed by atoms with E-state index < -0.39 is 0 Å². The van der Waals surface area contributed by atoms with Crippen LogP contribution in [0.25, 0.3) is 49.2 Å². The average molecular weight is 357 g/mol. The van der Waals surface area contributed by atoms with Gasteiger partial charge in [0.15, 0.2) is 0 Å². The molecule has 1 aliphatic rings. The van der Waals surface area contributed by atoms with Crippen LogP contribution in [0.2, 0.25) is 0 Å². The lowest BCUT2D eigenvalue weighted by Gasteiger charge is -2.22. The minimum atomic E-state index is -0.0169. The van der Waals surface area contributed by atoms with E-state index in [1.165, 1.54) is 60.3 Å². The Hall–Kier alpha value is -3.32. The van der Waals surface area contributed by atoms with E-state index in [0.717, 1.165) is 0 Å². The van der Waals surface area contributed by atoms with Gasteiger partial charge >= 0.3 is 0 Å². The van der Waals surface area contributed by atoms with Crippen molar-refractivity contribution in [3.05, 3.63) is 90.0 Å². The van der Waals surface area contributed by atoms with Crippen LogP contribution in [0.5, 0.6) is 0 Å². The molecule has 2 heterocycles. The van der Waals surface area contributed by atoms with Crippen molar-refractivity contribution in [2.45, 2.75) is 19.3 Å². The Balaban J connectivity index is 1.83. The van der Waals surface area contributed by atoms with Crippen molar-refractivity contribution >= 4 is 38.1 Å². The van der Waals surface area contributed by atoms with Crippen LogP contribution in [-0.4, -0.2) is 4.40 Å². The Kier molecular flexibility index (Phi) is 2.39. The van der Waals surface area contributed by atoms with E-state index in [4.69, 9.17) is 0 Å². The number of hydrogen-bond acceptors (Lipinski definition) is 0. The summed E-state index contributed by atoms with van der Waals surface area (Å²) in [6.07, 6.45) is 0. The Morgan fingerprint density at radius 3 is 2.14 bits per heavy atom. The molecular weight excluding hydrogens is 338 g/mol. The van der Waals surface area contributed by atoms with E-state index in [1.807, 2.05) is 0 Å². The summed E-state index contributed by atoms with van der Waals surface area (Å²) in [5, 5.41) is 5.42. The third-order valence-electron chi connectivity index (χ3n) is 6.90. The van der Waals surface area contributed by atoms with Gasteiger partial charge in [-0.05, 0) is 28.3 Å². The van der Waals surface area contributed by atoms with Crippen molar-refractivity contribution < 1.29 is 0 Å². The fourth-order valence-electron chi connectivity index (χ4n) is 5.76. The molecule has 0 atom stereocenters. The van der Waals surface area contributed by atoms with Crippen LogP contribution in [0.1, 0.15) is 25.0 Å². The first-order chi connectivity index (χ1) is 13.7. The Morgan fingerprint density at radius 1 is 0.571 bits per heavy atom. The monoisotopic (exact) mass is 357 g/mol. The van der Waals surface area contributed by atoms with Gasteiger partial charge in [-0.25, -0.2) is 0 Å². The molecular formula is C27H19N. The molecule has 0 aliphatic heterocycles. The zero-order valence-corrected chi connectivity index (χ0v) is 16.0. The van der Waals surface area contributed by atoms with Gasteiger partial charge < -0.3 is 4.40 Å². The molecule has 0 radical (unpaired) electrons. The molecule has 1 aliphatic carbocycles. The van der Waals surface area contributed by atoms with Gasteiger partial charge in [0, 0.05) is 27.0 Å². The van der Waals surface area contributed by atoms with Crippen molar-refractivity contribution in [1.82, 2.24) is 4.40 Å². The van der Waals surface area contributed by atoms with E-state index in [1.54, 1.807) is 0 Å². The second-order valence-electron chi connectivity index (χ2n) is 8.61. The zero-order valence-electron chi connectivity index (χ0n) is 16.0. The second-order valence-corrected chi connectivity index (χ2v) is 8.61. The maximum atomic E-state index is 2.53. The fourth-order valence-corrected chi connectivity index (χ4v) is 5.76. The van der Waals surface area contributed by atoms with Crippen molar-refractivity contribution in [1.29, 1.82) is 0 Å². The summed E-state index contributed by atoms with van der Waals surface area (Å²) in [4.78, 5) is 0. The maximum Gasteiger partial charge on any atom is 0.0620 e. The molecule has 1 heteroatoms. The third-order valence-corrected chi connectivity index (χ3v) is 6.90. The molecule has 4 aromatic carbocycles. The highest BCUT2D eigenvalue weighted by Gasteiger charge is 2.38. The topological polar surface area (TPSA) is 4.41 Å². The Morgan fingerprint density at radius 2 is 1.25 bits per heavy atom. The van der Waals surface area contributed by atoms with Crippen LogP contribution in [-0.2, 0) is 5.41 Å². The van der Waals surface area contributed by atoms with Crippen molar-refractivity contribution in [3.8, 4) is 11.1 Å². The number of aromatic nitrogens is 1. The van der Waals surface area contributed by atoms with Crippen LogP contribution in [0, 0.1) is 0 Å². The van der Waals surface area contributed by atoms with Crippen LogP contribution in [0.4, 0.5) is 0 Å². The van der Waals surface area contributed by atoms with Gasteiger partial charge in [-0.15, -0.1) is 0 Å². The highest BCUT2D eigenvalue weighted by atomic mass is 14.9. The summed E-state index contributed by atoms with van der Waals surface area (Å²) in [7, 11) is 0. The van der Waals surface area contributed by atoms with E-state index in [2.05, 4.69) is 97.1 Å². The normalized spacial score (nSPS) is 15.1. The van der Waals surface area contributed by atoms with Gasteiger partial charge in [-0.3, -0.25) is 0 Å². The molecule has 0 saturated heterocycles. The Labute approximate surface area is 163 Å². The second kappa shape index (κ2) is 4.56. The van der Waals surface area contributed by atoms with Gasteiger partial charge in [-0.1, -0.05) is 86.6 Å². The Bertz CT molecular complexity index is 1580. The summed E-state index contributed by atoms with van der Waals surface area (Å²) in [5.74, 6) is 0. The molecule has 2 aromatic heterocycles. The predicted molar refractivity (Wildman–Crippen MR) is 119 cm³/mol. The van der Waals surface area contributed by atoms with Crippen molar-refractivity contribution in [3.63, 3.8) is 0 Å². The highest BCUT2D eigenvalue weighted by molar-refractivity contribution is 6.24. The molecule has 6 aromatic rings. The molecule has 0 amide bonds. The van der Waals surface area contributed by atoms with E-state index >= 15 is 0 Å². The number of rotatable bonds is 0. The number of para-hydroxylation sites is 2. The van der Waals surface area contributed by atoms with Gasteiger partial charge in [-0.2, -0.15) is 0 Å². The summed E-state index contributed by atoms with van der Waals surface area (Å²) < 4.78 is 2.53. The molecule has 0 N–H and O–H groups in total. The first-order valence-electron chi connectivity index (χ1n) is 9.98. The lowest BCUT2D eigenvalue weighted by Crippen LogP contribution is -2.15. The molecule has 7 rings (SSSR count). The molecule has 0 fully saturated rings. The number of nitrogens with zero attached hydrogens (tertiary/aromatic N) is 1. The average Bonchev–Trinajstić information content (AvgIpc) is 3.32. The first-order valence-corrected chi connectivity index (χ1v) is 9.98. The lowest BCUT2D eigenvalue weighted by atomic mass is 9.81. The van der Waals surface area contributed by atoms with Crippen LogP contribution in [0.15, 0.2) is 78.9 Å². The zero-order chi connectivity index (χ0) is 18.6. The highest BCUT2D eigenvalue weighted by Crippen LogP contribution is 2.53. The summed E-state index contributed by atoms with van der Waals surface area (Å²) in [6, 6.07) is 29.2. The van der Waals surface area contributed by atoms with E-state index in [9.17, 15) is 0 Å². The fraction of sp³-hybridized carbons (Fsp3) is 0.111. The predicted octanol–water partition coefficient (Wildman–Crippen LogP) is 7.14. The van der Waals surface area contributed by atoms with Crippen molar-refractivity contribution in [2.75, 3.05) is 0 Å². The number of benzene rings is 4. The van der Waals surface area contributed by atoms with E-state index in [0.29, 0.717) is 0 Å². The van der Waals surface area contributed by atoms with Crippen LogP contribution >= 0.6 is 0 Å². The first kappa shape index (κ1) is 14.7. The van der Waals surface area contributed by atoms with Crippen LogP contribution < -0.4 is 0 Å². The minimum Gasteiger partial charge on any atom is -0.308 e. The molecule has 0 unspecified atom stereocenters. The molecule has 1 nitrogen and oxygen atoms in total. The molecule has 0 spiro atoms. The van der Waals surface area contributed by atoms with Crippen molar-refractivity contribution in [2.24, 2.45) is 0 Å². The van der Waals surface area contributed by atoms with Gasteiger partial charge in [0.25, 0.3) is 0 Å². The standard InChI is InChI=1S/C27H19N/c1-27(2)22-12-5-3-8-16(22)18-14-15-21-20-11-7-10-19-17-9-4-6-13-23(17)28(25(19)20)26(21)24(18)27/h3-15H,1-2H3. The largest absolute Gasteiger partial charge is 0.308 e. The summed E-state index contributed by atoms with van der Waals surface area (Å²) >= 11 is 0. The molecule has 132 valence electrons. The third kappa shape index (κ3) is 1.45. The lowest BCUT2D eigenvalue weighted by molar-refractivity contribution is 0.664. The van der Waals surface area contributed by atoms with E-state index in [-0.39, 0.29) is 5.41 Å². The van der Waals surface area contributed by atoms with Gasteiger partial charge in [0.2, 0.25) is 0 Å². The molecule has 0 saturated carbocycles.